The molecule has 0 amide bonds. The van der Waals surface area contributed by atoms with E-state index in [2.05, 4.69) is 0 Å². The van der Waals surface area contributed by atoms with E-state index >= 15 is 0 Å². The van der Waals surface area contributed by atoms with E-state index in [1.54, 1.807) is 76.2 Å². The number of hydrogen-bond donors (Lipinski definition) is 0. The molecule has 14 heteroatoms. The largest absolute Gasteiger partial charge is 0.256 e. The summed E-state index contributed by atoms with van der Waals surface area (Å²) in [5.41, 5.74) is 3.24. The standard InChI is InChI=1S/C34H40N2O8S4/c1-27-9-17-31(18-10-27)45(37,38)35(46(39,40)32-19-11-28(2)12-20-32)25-7-5-6-8-26-36(47(41,42)33-21-13-29(3)14-22-33)48(43,44)34-23-15-30(4)16-24-34/h9-24H,5-8,25-26H2,1-4H3. The zero-order chi connectivity index (χ0) is 35.3. The summed E-state index contributed by atoms with van der Waals surface area (Å²) in [4.78, 5) is -0.659. The molecule has 48 heavy (non-hydrogen) atoms. The summed E-state index contributed by atoms with van der Waals surface area (Å²) in [6, 6.07) is 23.6. The lowest BCUT2D eigenvalue weighted by Gasteiger charge is -2.23. The summed E-state index contributed by atoms with van der Waals surface area (Å²) in [6.07, 6.45) is 0.829. The monoisotopic (exact) mass is 732 g/mol. The third kappa shape index (κ3) is 8.41. The number of hydrogen-bond acceptors (Lipinski definition) is 8. The van der Waals surface area contributed by atoms with Gasteiger partial charge in [-0.1, -0.05) is 91.0 Å². The second kappa shape index (κ2) is 15.0. The van der Waals surface area contributed by atoms with E-state index < -0.39 is 40.1 Å². The molecule has 0 radical (unpaired) electrons. The van der Waals surface area contributed by atoms with E-state index in [0.29, 0.717) is 20.3 Å². The lowest BCUT2D eigenvalue weighted by atomic mass is 10.2. The van der Waals surface area contributed by atoms with Gasteiger partial charge in [0.25, 0.3) is 40.1 Å². The molecule has 4 aromatic carbocycles. The highest BCUT2D eigenvalue weighted by Gasteiger charge is 2.37. The van der Waals surface area contributed by atoms with Crippen LogP contribution in [0.15, 0.2) is 117 Å². The van der Waals surface area contributed by atoms with Gasteiger partial charge < -0.3 is 0 Å². The fourth-order valence-electron chi connectivity index (χ4n) is 4.89. The van der Waals surface area contributed by atoms with E-state index in [9.17, 15) is 33.7 Å². The Morgan fingerprint density at radius 2 is 0.521 bits per heavy atom. The van der Waals surface area contributed by atoms with Crippen LogP contribution in [0, 0.1) is 27.7 Å². The highest BCUT2D eigenvalue weighted by molar-refractivity contribution is 8.04. The quantitative estimate of drug-likeness (QED) is 0.137. The molecule has 0 spiro atoms. The van der Waals surface area contributed by atoms with Gasteiger partial charge in [-0.3, -0.25) is 0 Å². The van der Waals surface area contributed by atoms with Crippen LogP contribution in [0.5, 0.6) is 0 Å². The van der Waals surface area contributed by atoms with Crippen LogP contribution in [-0.2, 0) is 40.1 Å². The fraction of sp³-hybridized carbons (Fsp3) is 0.294. The van der Waals surface area contributed by atoms with Crippen molar-refractivity contribution in [3.8, 4) is 0 Å². The van der Waals surface area contributed by atoms with Crippen molar-refractivity contribution in [1.29, 1.82) is 0 Å². The number of sulfonamides is 4. The Kier molecular flexibility index (Phi) is 11.7. The van der Waals surface area contributed by atoms with Gasteiger partial charge in [-0.05, 0) is 89.1 Å². The van der Waals surface area contributed by atoms with Gasteiger partial charge in [-0.15, -0.1) is 0 Å². The molecule has 0 saturated heterocycles. The summed E-state index contributed by atoms with van der Waals surface area (Å²) in [5, 5.41) is 0. The van der Waals surface area contributed by atoms with E-state index in [4.69, 9.17) is 0 Å². The number of unbranched alkanes of at least 4 members (excludes halogenated alkanes) is 3. The molecular weight excluding hydrogens is 693 g/mol. The maximum Gasteiger partial charge on any atom is 0.256 e. The first-order chi connectivity index (χ1) is 22.5. The highest BCUT2D eigenvalue weighted by atomic mass is 32.3. The van der Waals surface area contributed by atoms with Gasteiger partial charge in [0.1, 0.15) is 0 Å². The molecule has 0 aliphatic heterocycles. The average molecular weight is 733 g/mol. The second-order valence-corrected chi connectivity index (χ2v) is 19.6. The summed E-state index contributed by atoms with van der Waals surface area (Å²) >= 11 is 0. The molecule has 0 saturated carbocycles. The van der Waals surface area contributed by atoms with Crippen LogP contribution >= 0.6 is 0 Å². The van der Waals surface area contributed by atoms with Gasteiger partial charge in [0.15, 0.2) is 0 Å². The summed E-state index contributed by atoms with van der Waals surface area (Å²) in [5.74, 6) is 0. The maximum atomic E-state index is 13.7. The van der Waals surface area contributed by atoms with Crippen LogP contribution in [0.1, 0.15) is 47.9 Å². The van der Waals surface area contributed by atoms with Gasteiger partial charge in [0, 0.05) is 13.1 Å². The minimum Gasteiger partial charge on any atom is -0.206 e. The average Bonchev–Trinajstić information content (AvgIpc) is 3.02. The SMILES string of the molecule is Cc1ccc(S(=O)(=O)N(CCCCCCN(S(=O)(=O)c2ccc(C)cc2)S(=O)(=O)c2ccc(C)cc2)S(=O)(=O)c2ccc(C)cc2)cc1. The Bertz CT molecular complexity index is 1840. The van der Waals surface area contributed by atoms with Crippen LogP contribution in [0.25, 0.3) is 0 Å². The van der Waals surface area contributed by atoms with Crippen LogP contribution in [-0.4, -0.2) is 54.2 Å². The Balaban J connectivity index is 1.54. The summed E-state index contributed by atoms with van der Waals surface area (Å²) in [7, 11) is -17.9. The number of benzene rings is 4. The van der Waals surface area contributed by atoms with Crippen molar-refractivity contribution < 1.29 is 33.7 Å². The zero-order valence-electron chi connectivity index (χ0n) is 27.3. The first kappa shape index (κ1) is 37.4. The fourth-order valence-corrected chi connectivity index (χ4v) is 12.3. The molecule has 0 unspecified atom stereocenters. The predicted molar refractivity (Wildman–Crippen MR) is 185 cm³/mol. The topological polar surface area (TPSA) is 143 Å². The molecule has 0 fully saturated rings. The molecule has 4 aromatic rings. The minimum absolute atomic E-state index is 0.117. The molecule has 0 atom stereocenters. The Morgan fingerprint density at radius 1 is 0.333 bits per heavy atom. The van der Waals surface area contributed by atoms with E-state index in [1.807, 2.05) is 0 Å². The Hall–Kier alpha value is -3.40. The molecule has 0 aliphatic rings. The van der Waals surface area contributed by atoms with Gasteiger partial charge in [0.05, 0.1) is 19.6 Å². The number of aryl methyl sites for hydroxylation is 4. The van der Waals surface area contributed by atoms with Crippen molar-refractivity contribution in [3.05, 3.63) is 119 Å². The van der Waals surface area contributed by atoms with Crippen LogP contribution in [0.4, 0.5) is 0 Å². The molecule has 0 aromatic heterocycles. The third-order valence-corrected chi connectivity index (χ3v) is 16.5. The van der Waals surface area contributed by atoms with E-state index in [1.165, 1.54) is 48.5 Å². The second-order valence-electron chi connectivity index (χ2n) is 11.7. The van der Waals surface area contributed by atoms with Gasteiger partial charge in [-0.25, -0.2) is 33.7 Å². The molecular formula is C34H40N2O8S4. The summed E-state index contributed by atoms with van der Waals surface area (Å²) < 4.78 is 110. The van der Waals surface area contributed by atoms with Crippen molar-refractivity contribution in [2.45, 2.75) is 73.0 Å². The van der Waals surface area contributed by atoms with Crippen molar-refractivity contribution in [3.63, 3.8) is 0 Å². The van der Waals surface area contributed by atoms with Crippen molar-refractivity contribution in [1.82, 2.24) is 7.42 Å². The Morgan fingerprint density at radius 3 is 0.708 bits per heavy atom. The first-order valence-electron chi connectivity index (χ1n) is 15.3. The predicted octanol–water partition coefficient (Wildman–Crippen LogP) is 5.94. The van der Waals surface area contributed by atoms with Crippen LogP contribution in [0.2, 0.25) is 0 Å². The third-order valence-electron chi connectivity index (χ3n) is 7.78. The van der Waals surface area contributed by atoms with Crippen molar-refractivity contribution >= 4 is 40.1 Å². The molecule has 0 bridgehead atoms. The Labute approximate surface area is 285 Å². The number of rotatable bonds is 15. The van der Waals surface area contributed by atoms with Crippen molar-refractivity contribution in [2.24, 2.45) is 0 Å². The van der Waals surface area contributed by atoms with E-state index in [-0.39, 0.29) is 45.5 Å². The van der Waals surface area contributed by atoms with Crippen LogP contribution < -0.4 is 0 Å². The molecule has 258 valence electrons. The normalized spacial score (nSPS) is 12.9. The lowest BCUT2D eigenvalue weighted by Crippen LogP contribution is -2.38. The molecule has 0 N–H and O–H groups in total. The molecule has 4 rings (SSSR count). The van der Waals surface area contributed by atoms with Crippen molar-refractivity contribution in [2.75, 3.05) is 13.1 Å². The minimum atomic E-state index is -4.47. The van der Waals surface area contributed by atoms with Crippen LogP contribution in [0.3, 0.4) is 0 Å². The van der Waals surface area contributed by atoms with Gasteiger partial charge in [-0.2, -0.15) is 0 Å². The van der Waals surface area contributed by atoms with Gasteiger partial charge >= 0.3 is 0 Å². The number of nitrogens with zero attached hydrogens (tertiary/aromatic N) is 2. The first-order valence-corrected chi connectivity index (χ1v) is 21.1. The maximum absolute atomic E-state index is 13.7. The van der Waals surface area contributed by atoms with Gasteiger partial charge in [0.2, 0.25) is 0 Å². The molecule has 10 nitrogen and oxygen atoms in total. The lowest BCUT2D eigenvalue weighted by molar-refractivity contribution is 0.464. The zero-order valence-corrected chi connectivity index (χ0v) is 30.5. The molecule has 0 aliphatic carbocycles. The smallest absolute Gasteiger partial charge is 0.206 e. The highest BCUT2D eigenvalue weighted by Crippen LogP contribution is 2.28. The van der Waals surface area contributed by atoms with E-state index in [0.717, 1.165) is 22.3 Å². The molecule has 0 heterocycles. The summed E-state index contributed by atoms with van der Waals surface area (Å²) in [6.45, 7) is 6.43.